The molecule has 38 heavy (non-hydrogen) atoms. The Labute approximate surface area is 222 Å². The lowest BCUT2D eigenvalue weighted by Gasteiger charge is -2.18. The van der Waals surface area contributed by atoms with E-state index in [1.54, 1.807) is 18.7 Å². The molecule has 2 atom stereocenters. The number of fused-ring (bicyclic) bond motifs is 1. The fraction of sp³-hybridized carbons (Fsp3) is 0.185. The van der Waals surface area contributed by atoms with E-state index in [2.05, 4.69) is 31.7 Å². The number of nitrogens with zero attached hydrogens (tertiary/aromatic N) is 3. The number of pyridine rings is 1. The van der Waals surface area contributed by atoms with Crippen LogP contribution in [0, 0.1) is 11.6 Å². The van der Waals surface area contributed by atoms with Gasteiger partial charge in [-0.3, -0.25) is 4.79 Å². The number of anilines is 3. The summed E-state index contributed by atoms with van der Waals surface area (Å²) >= 11 is 1.72. The first-order valence-corrected chi connectivity index (χ1v) is 12.8. The molecule has 2 aromatic carbocycles. The zero-order chi connectivity index (χ0) is 26.8. The molecule has 6 N–H and O–H groups in total. The monoisotopic (exact) mass is 533 g/mol. The Morgan fingerprint density at radius 2 is 1.95 bits per heavy atom. The van der Waals surface area contributed by atoms with E-state index in [0.717, 1.165) is 39.9 Å². The number of carbonyl (C=O) groups is 1. The number of rotatable bonds is 7. The Kier molecular flexibility index (Phi) is 7.10. The van der Waals surface area contributed by atoms with Crippen molar-refractivity contribution in [3.8, 4) is 0 Å². The number of allylic oxidation sites excluding steroid dienone is 1. The van der Waals surface area contributed by atoms with Crippen molar-refractivity contribution >= 4 is 50.8 Å². The van der Waals surface area contributed by atoms with E-state index in [1.807, 2.05) is 18.2 Å². The van der Waals surface area contributed by atoms with E-state index in [1.165, 1.54) is 24.7 Å². The van der Waals surface area contributed by atoms with E-state index in [4.69, 9.17) is 11.5 Å². The fourth-order valence-corrected chi connectivity index (χ4v) is 5.37. The first-order chi connectivity index (χ1) is 18.3. The van der Waals surface area contributed by atoms with Crippen LogP contribution in [0.3, 0.4) is 0 Å². The summed E-state index contributed by atoms with van der Waals surface area (Å²) in [7, 11) is 0. The van der Waals surface area contributed by atoms with Gasteiger partial charge in [0.1, 0.15) is 18.0 Å². The maximum absolute atomic E-state index is 13.6. The summed E-state index contributed by atoms with van der Waals surface area (Å²) in [5.74, 6) is -1.52. The molecule has 8 nitrogen and oxygen atoms in total. The van der Waals surface area contributed by atoms with Gasteiger partial charge in [0.05, 0.1) is 29.0 Å². The highest BCUT2D eigenvalue weighted by atomic mass is 32.2. The molecule has 5 rings (SSSR count). The van der Waals surface area contributed by atoms with Crippen LogP contribution in [0.2, 0.25) is 0 Å². The van der Waals surface area contributed by atoms with E-state index < -0.39 is 23.6 Å². The summed E-state index contributed by atoms with van der Waals surface area (Å²) < 4.78 is 26.9. The van der Waals surface area contributed by atoms with Crippen molar-refractivity contribution in [1.82, 2.24) is 20.3 Å². The van der Waals surface area contributed by atoms with Crippen molar-refractivity contribution in [2.45, 2.75) is 24.6 Å². The number of nitrogen functional groups attached to an aromatic ring is 2. The maximum Gasteiger partial charge on any atom is 0.255 e. The summed E-state index contributed by atoms with van der Waals surface area (Å²) in [4.78, 5) is 26.9. The third-order valence-electron chi connectivity index (χ3n) is 6.25. The first kappa shape index (κ1) is 25.4. The van der Waals surface area contributed by atoms with Crippen LogP contribution in [0.15, 0.2) is 61.1 Å². The highest BCUT2D eigenvalue weighted by Crippen LogP contribution is 2.40. The smallest absolute Gasteiger partial charge is 0.255 e. The minimum atomic E-state index is -0.973. The molecule has 0 radical (unpaired) electrons. The molecule has 3 heterocycles. The molecule has 0 bridgehead atoms. The lowest BCUT2D eigenvalue weighted by molar-refractivity contribution is 0.0940. The van der Waals surface area contributed by atoms with Crippen molar-refractivity contribution in [2.75, 3.05) is 23.3 Å². The molecule has 4 aromatic rings. The van der Waals surface area contributed by atoms with Gasteiger partial charge in [-0.2, -0.15) is 0 Å². The third kappa shape index (κ3) is 5.37. The van der Waals surface area contributed by atoms with Gasteiger partial charge < -0.3 is 22.1 Å². The maximum atomic E-state index is 13.6. The third-order valence-corrected chi connectivity index (χ3v) is 7.60. The number of nitrogens with one attached hydrogen (secondary N) is 2. The quantitative estimate of drug-likeness (QED) is 0.263. The molecule has 0 spiro atoms. The van der Waals surface area contributed by atoms with Crippen molar-refractivity contribution in [3.63, 3.8) is 0 Å². The van der Waals surface area contributed by atoms with E-state index in [0.29, 0.717) is 29.4 Å². The molecular weight excluding hydrogens is 508 g/mol. The molecule has 1 unspecified atom stereocenters. The van der Waals surface area contributed by atoms with Crippen molar-refractivity contribution < 1.29 is 13.6 Å². The van der Waals surface area contributed by atoms with E-state index in [9.17, 15) is 13.6 Å². The van der Waals surface area contributed by atoms with Crippen LogP contribution in [-0.4, -0.2) is 32.7 Å². The minimum Gasteiger partial charge on any atom is -0.397 e. The topological polar surface area (TPSA) is 132 Å². The van der Waals surface area contributed by atoms with Gasteiger partial charge in [-0.05, 0) is 54.8 Å². The normalized spacial score (nSPS) is 15.8. The summed E-state index contributed by atoms with van der Waals surface area (Å²) in [6, 6.07) is 10.4. The minimum absolute atomic E-state index is 0.210. The summed E-state index contributed by atoms with van der Waals surface area (Å²) in [5.41, 5.74) is 14.8. The number of benzene rings is 2. The Balaban J connectivity index is 1.24. The van der Waals surface area contributed by atoms with Crippen LogP contribution in [-0.2, 0) is 0 Å². The molecule has 0 aliphatic carbocycles. The van der Waals surface area contributed by atoms with Crippen LogP contribution >= 0.6 is 11.8 Å². The highest BCUT2D eigenvalue weighted by Gasteiger charge is 2.22. The largest absolute Gasteiger partial charge is 0.397 e. The van der Waals surface area contributed by atoms with Gasteiger partial charge in [0, 0.05) is 22.1 Å². The number of carbonyl (C=O) groups excluding carboxylic acids is 1. The fourth-order valence-electron chi connectivity index (χ4n) is 4.20. The van der Waals surface area contributed by atoms with Gasteiger partial charge in [-0.25, -0.2) is 23.7 Å². The molecule has 194 valence electrons. The molecule has 1 amide bonds. The second-order valence-electron chi connectivity index (χ2n) is 8.95. The van der Waals surface area contributed by atoms with Crippen molar-refractivity contribution in [1.29, 1.82) is 0 Å². The number of halogens is 2. The van der Waals surface area contributed by atoms with Crippen LogP contribution in [0.4, 0.5) is 26.1 Å². The van der Waals surface area contributed by atoms with E-state index in [-0.39, 0.29) is 10.8 Å². The molecule has 0 fully saturated rings. The van der Waals surface area contributed by atoms with Gasteiger partial charge in [-0.1, -0.05) is 18.2 Å². The van der Waals surface area contributed by atoms with E-state index >= 15 is 0 Å². The van der Waals surface area contributed by atoms with Crippen molar-refractivity contribution in [3.05, 3.63) is 89.4 Å². The van der Waals surface area contributed by atoms with Gasteiger partial charge in [0.15, 0.2) is 11.6 Å². The lowest BCUT2D eigenvalue weighted by atomic mass is 10.1. The van der Waals surface area contributed by atoms with Gasteiger partial charge in [0.2, 0.25) is 0 Å². The summed E-state index contributed by atoms with van der Waals surface area (Å²) in [6.07, 6.45) is 5.93. The van der Waals surface area contributed by atoms with Crippen LogP contribution in [0.25, 0.3) is 15.8 Å². The number of amides is 1. The van der Waals surface area contributed by atoms with Gasteiger partial charge >= 0.3 is 0 Å². The average Bonchev–Trinajstić information content (AvgIpc) is 3.38. The molecule has 0 saturated heterocycles. The molecule has 1 aliphatic heterocycles. The zero-order valence-corrected chi connectivity index (χ0v) is 21.2. The Morgan fingerprint density at radius 1 is 1.11 bits per heavy atom. The Morgan fingerprint density at radius 3 is 2.76 bits per heavy atom. The average molecular weight is 534 g/mol. The number of hydrogen-bond donors (Lipinski definition) is 4. The predicted molar refractivity (Wildman–Crippen MR) is 147 cm³/mol. The van der Waals surface area contributed by atoms with Gasteiger partial charge in [-0.15, -0.1) is 11.8 Å². The Hall–Kier alpha value is -4.25. The van der Waals surface area contributed by atoms with Crippen LogP contribution < -0.4 is 22.1 Å². The standard InChI is InChI=1S/C27H25F2N7OS/c1-14(15-2-5-21(28)22(29)9-15)36-27(37)20-10-17(30)11-32-26(20)33-12-18-4-7-24(38-18)16-3-6-23-19(8-16)25(31)35-13-34-23/h2-3,5-11,13-14,18H,4,12,30H2,1H3,(H,32,33)(H,36,37)(H2,31,34,35)/t14-,18?/m0/s1. The number of hydrogen-bond acceptors (Lipinski definition) is 8. The molecule has 11 heteroatoms. The molecule has 0 saturated carbocycles. The second-order valence-corrected chi connectivity index (χ2v) is 10.3. The van der Waals surface area contributed by atoms with Crippen molar-refractivity contribution in [2.24, 2.45) is 0 Å². The molecule has 2 aromatic heterocycles. The zero-order valence-electron chi connectivity index (χ0n) is 20.4. The SMILES string of the molecule is C[C@H](NC(=O)c1cc(N)cnc1NCC1CC=C(c2ccc3ncnc(N)c3c2)S1)c1ccc(F)c(F)c1. The Bertz CT molecular complexity index is 1560. The predicted octanol–water partition coefficient (Wildman–Crippen LogP) is 4.92. The number of thioether (sulfide) groups is 1. The van der Waals surface area contributed by atoms with Gasteiger partial charge in [0.25, 0.3) is 5.91 Å². The van der Waals surface area contributed by atoms with Crippen LogP contribution in [0.1, 0.15) is 40.9 Å². The summed E-state index contributed by atoms with van der Waals surface area (Å²) in [6.45, 7) is 2.24. The lowest BCUT2D eigenvalue weighted by Crippen LogP contribution is -2.28. The molecular formula is C27H25F2N7OS. The number of aromatic nitrogens is 3. The number of nitrogens with two attached hydrogens (primary N) is 2. The summed E-state index contributed by atoms with van der Waals surface area (Å²) in [5, 5.41) is 7.10. The second kappa shape index (κ2) is 10.6. The molecule has 1 aliphatic rings. The highest BCUT2D eigenvalue weighted by molar-refractivity contribution is 8.09. The van der Waals surface area contributed by atoms with Crippen LogP contribution in [0.5, 0.6) is 0 Å². The first-order valence-electron chi connectivity index (χ1n) is 11.9.